The molecular weight excluding hydrogens is 407 g/mol. The summed E-state index contributed by atoms with van der Waals surface area (Å²) in [4.78, 5) is 9.22. The third-order valence-electron chi connectivity index (χ3n) is 2.76. The maximum Gasteiger partial charge on any atom is 0.191 e. The van der Waals surface area contributed by atoms with Crippen molar-refractivity contribution in [2.24, 2.45) is 4.99 Å². The third kappa shape index (κ3) is 5.92. The summed E-state index contributed by atoms with van der Waals surface area (Å²) in [5, 5.41) is 9.65. The molecule has 6 heteroatoms. The number of rotatable bonds is 5. The minimum Gasteiger partial charge on any atom is -0.357 e. The average molecular weight is 430 g/mol. The second-order valence-corrected chi connectivity index (χ2v) is 5.93. The second kappa shape index (κ2) is 9.78. The Morgan fingerprint density at radius 2 is 2.00 bits per heavy atom. The van der Waals surface area contributed by atoms with Gasteiger partial charge in [0.05, 0.1) is 12.2 Å². The maximum atomic E-state index is 4.65. The molecule has 0 aliphatic heterocycles. The molecule has 0 spiro atoms. The summed E-state index contributed by atoms with van der Waals surface area (Å²) in [5.41, 5.74) is 2.17. The van der Waals surface area contributed by atoms with Crippen molar-refractivity contribution in [3.8, 4) is 11.3 Å². The summed E-state index contributed by atoms with van der Waals surface area (Å²) >= 11 is 1.65. The maximum absolute atomic E-state index is 4.65. The Balaban J connectivity index is 0.00000242. The molecule has 0 saturated heterocycles. The molecule has 0 aliphatic carbocycles. The summed E-state index contributed by atoms with van der Waals surface area (Å²) in [6.45, 7) is 7.72. The van der Waals surface area contributed by atoms with Gasteiger partial charge < -0.3 is 10.6 Å². The third-order valence-corrected chi connectivity index (χ3v) is 3.60. The molecule has 22 heavy (non-hydrogen) atoms. The zero-order valence-corrected chi connectivity index (χ0v) is 16.3. The molecule has 0 bridgehead atoms. The lowest BCUT2D eigenvalue weighted by Gasteiger charge is -2.13. The van der Waals surface area contributed by atoms with Gasteiger partial charge >= 0.3 is 0 Å². The van der Waals surface area contributed by atoms with E-state index in [0.29, 0.717) is 12.6 Å². The van der Waals surface area contributed by atoms with Crippen molar-refractivity contribution >= 4 is 41.3 Å². The van der Waals surface area contributed by atoms with E-state index < -0.39 is 0 Å². The summed E-state index contributed by atoms with van der Waals surface area (Å²) in [7, 11) is 0. The summed E-state index contributed by atoms with van der Waals surface area (Å²) < 4.78 is 0. The van der Waals surface area contributed by atoms with E-state index in [1.165, 1.54) is 0 Å². The van der Waals surface area contributed by atoms with Crippen LogP contribution in [0.5, 0.6) is 0 Å². The molecule has 2 N–H and O–H groups in total. The number of guanidine groups is 1. The van der Waals surface area contributed by atoms with Gasteiger partial charge in [-0.2, -0.15) is 0 Å². The second-order valence-electron chi connectivity index (χ2n) is 4.99. The van der Waals surface area contributed by atoms with Crippen LogP contribution in [0.15, 0.2) is 40.7 Å². The molecule has 0 saturated carbocycles. The Labute approximate surface area is 153 Å². The van der Waals surface area contributed by atoms with Gasteiger partial charge in [0.25, 0.3) is 0 Å². The highest BCUT2D eigenvalue weighted by Crippen LogP contribution is 2.21. The Bertz CT molecular complexity index is 581. The molecule has 1 aromatic heterocycles. The minimum atomic E-state index is 0. The Morgan fingerprint density at radius 1 is 1.27 bits per heavy atom. The van der Waals surface area contributed by atoms with Gasteiger partial charge in [-0.1, -0.05) is 30.3 Å². The molecule has 0 radical (unpaired) electrons. The number of halogens is 1. The minimum absolute atomic E-state index is 0. The zero-order valence-electron chi connectivity index (χ0n) is 13.2. The fourth-order valence-electron chi connectivity index (χ4n) is 1.87. The van der Waals surface area contributed by atoms with Gasteiger partial charge in [0.15, 0.2) is 5.96 Å². The summed E-state index contributed by atoms with van der Waals surface area (Å²) in [6, 6.07) is 10.6. The molecule has 0 unspecified atom stereocenters. The highest BCUT2D eigenvalue weighted by molar-refractivity contribution is 14.0. The largest absolute Gasteiger partial charge is 0.357 e. The lowest BCUT2D eigenvalue weighted by molar-refractivity contribution is 0.700. The van der Waals surface area contributed by atoms with Crippen molar-refractivity contribution < 1.29 is 0 Å². The molecule has 0 amide bonds. The number of hydrogen-bond donors (Lipinski definition) is 2. The molecule has 2 rings (SSSR count). The zero-order chi connectivity index (χ0) is 15.1. The van der Waals surface area contributed by atoms with E-state index in [0.717, 1.165) is 28.8 Å². The molecule has 0 aliphatic rings. The topological polar surface area (TPSA) is 49.3 Å². The Kier molecular flexibility index (Phi) is 8.40. The van der Waals surface area contributed by atoms with Crippen LogP contribution in [0.25, 0.3) is 11.3 Å². The standard InChI is InChI=1S/C16H22N4S.HI/c1-4-17-16(19-12(2)3)18-10-15-20-14(11-21-15)13-8-6-5-7-9-13;/h5-9,11-12H,4,10H2,1-3H3,(H2,17,18,19);1H. The number of nitrogens with one attached hydrogen (secondary N) is 2. The van der Waals surface area contributed by atoms with E-state index in [4.69, 9.17) is 0 Å². The number of aliphatic imine (C=N–C) groups is 1. The highest BCUT2D eigenvalue weighted by Gasteiger charge is 2.05. The van der Waals surface area contributed by atoms with Crippen molar-refractivity contribution in [3.05, 3.63) is 40.7 Å². The first kappa shape index (κ1) is 18.9. The van der Waals surface area contributed by atoms with E-state index in [-0.39, 0.29) is 24.0 Å². The van der Waals surface area contributed by atoms with E-state index in [2.05, 4.69) is 58.9 Å². The predicted octanol–water partition coefficient (Wildman–Crippen LogP) is 3.89. The number of nitrogens with zero attached hydrogens (tertiary/aromatic N) is 2. The van der Waals surface area contributed by atoms with Crippen LogP contribution < -0.4 is 10.6 Å². The van der Waals surface area contributed by atoms with Gasteiger partial charge in [-0.15, -0.1) is 35.3 Å². The number of hydrogen-bond acceptors (Lipinski definition) is 3. The van der Waals surface area contributed by atoms with Gasteiger partial charge in [-0.05, 0) is 20.8 Å². The predicted molar refractivity (Wildman–Crippen MR) is 106 cm³/mol. The van der Waals surface area contributed by atoms with E-state index >= 15 is 0 Å². The fraction of sp³-hybridized carbons (Fsp3) is 0.375. The van der Waals surface area contributed by atoms with Gasteiger partial charge in [-0.25, -0.2) is 9.98 Å². The average Bonchev–Trinajstić information content (AvgIpc) is 2.94. The van der Waals surface area contributed by atoms with E-state index in [1.54, 1.807) is 11.3 Å². The normalized spacial score (nSPS) is 11.2. The Morgan fingerprint density at radius 3 is 2.64 bits per heavy atom. The van der Waals surface area contributed by atoms with Crippen molar-refractivity contribution in [2.75, 3.05) is 6.54 Å². The highest BCUT2D eigenvalue weighted by atomic mass is 127. The molecule has 1 aromatic carbocycles. The molecule has 0 atom stereocenters. The van der Waals surface area contributed by atoms with Crippen LogP contribution in [-0.4, -0.2) is 23.5 Å². The summed E-state index contributed by atoms with van der Waals surface area (Å²) in [5.74, 6) is 0.837. The SMILES string of the molecule is CCNC(=NCc1nc(-c2ccccc2)cs1)NC(C)C.I. The molecule has 0 fully saturated rings. The van der Waals surface area contributed by atoms with Crippen LogP contribution in [0.1, 0.15) is 25.8 Å². The van der Waals surface area contributed by atoms with Gasteiger partial charge in [-0.3, -0.25) is 0 Å². The van der Waals surface area contributed by atoms with Gasteiger partial charge in [0, 0.05) is 23.5 Å². The van der Waals surface area contributed by atoms with Crippen molar-refractivity contribution in [1.82, 2.24) is 15.6 Å². The first-order chi connectivity index (χ1) is 10.2. The van der Waals surface area contributed by atoms with Crippen LogP contribution in [0, 0.1) is 0 Å². The van der Waals surface area contributed by atoms with Crippen molar-refractivity contribution in [2.45, 2.75) is 33.4 Å². The molecule has 2 aromatic rings. The van der Waals surface area contributed by atoms with Crippen LogP contribution in [0.4, 0.5) is 0 Å². The lowest BCUT2D eigenvalue weighted by atomic mass is 10.2. The first-order valence-corrected chi connectivity index (χ1v) is 8.11. The number of aromatic nitrogens is 1. The van der Waals surface area contributed by atoms with Crippen molar-refractivity contribution in [1.29, 1.82) is 0 Å². The fourth-order valence-corrected chi connectivity index (χ4v) is 2.59. The molecule has 120 valence electrons. The van der Waals surface area contributed by atoms with Gasteiger partial charge in [0.2, 0.25) is 0 Å². The summed E-state index contributed by atoms with van der Waals surface area (Å²) in [6.07, 6.45) is 0. The van der Waals surface area contributed by atoms with E-state index in [9.17, 15) is 0 Å². The molecule has 1 heterocycles. The van der Waals surface area contributed by atoms with Crippen LogP contribution in [0.2, 0.25) is 0 Å². The first-order valence-electron chi connectivity index (χ1n) is 7.23. The quantitative estimate of drug-likeness (QED) is 0.430. The van der Waals surface area contributed by atoms with Gasteiger partial charge in [0.1, 0.15) is 5.01 Å². The van der Waals surface area contributed by atoms with Crippen molar-refractivity contribution in [3.63, 3.8) is 0 Å². The lowest BCUT2D eigenvalue weighted by Crippen LogP contribution is -2.40. The number of benzene rings is 1. The molecular formula is C16H23IN4S. The van der Waals surface area contributed by atoms with Crippen LogP contribution >= 0.6 is 35.3 Å². The number of thiazole rings is 1. The molecule has 4 nitrogen and oxygen atoms in total. The van der Waals surface area contributed by atoms with Crippen LogP contribution in [0.3, 0.4) is 0 Å². The smallest absolute Gasteiger partial charge is 0.191 e. The van der Waals surface area contributed by atoms with E-state index in [1.807, 2.05) is 18.2 Å². The Hall–Kier alpha value is -1.15. The monoisotopic (exact) mass is 430 g/mol. The van der Waals surface area contributed by atoms with Crippen LogP contribution in [-0.2, 0) is 6.54 Å².